The SMILES string of the molecule is C=Cc1cc(C=C)c(C(=O)O)cc1C(=O)O. The van der Waals surface area contributed by atoms with Crippen LogP contribution in [0.1, 0.15) is 31.8 Å². The number of benzene rings is 1. The van der Waals surface area contributed by atoms with Crippen molar-refractivity contribution in [2.24, 2.45) is 0 Å². The van der Waals surface area contributed by atoms with E-state index < -0.39 is 11.9 Å². The maximum Gasteiger partial charge on any atom is 0.336 e. The smallest absolute Gasteiger partial charge is 0.336 e. The summed E-state index contributed by atoms with van der Waals surface area (Å²) in [4.78, 5) is 21.8. The number of aromatic carboxylic acids is 2. The monoisotopic (exact) mass is 218 g/mol. The second-order valence-corrected chi connectivity index (χ2v) is 3.05. The Hall–Kier alpha value is -2.36. The highest BCUT2D eigenvalue weighted by Crippen LogP contribution is 2.19. The largest absolute Gasteiger partial charge is 0.478 e. The highest BCUT2D eigenvalue weighted by atomic mass is 16.4. The predicted octanol–water partition coefficient (Wildman–Crippen LogP) is 2.37. The molecule has 0 radical (unpaired) electrons. The summed E-state index contributed by atoms with van der Waals surface area (Å²) in [6, 6.07) is 2.55. The molecule has 82 valence electrons. The molecule has 1 rings (SSSR count). The molecule has 0 atom stereocenters. The first-order valence-corrected chi connectivity index (χ1v) is 4.40. The topological polar surface area (TPSA) is 74.6 Å². The first-order valence-electron chi connectivity index (χ1n) is 4.40. The van der Waals surface area contributed by atoms with Gasteiger partial charge in [-0.05, 0) is 23.3 Å². The van der Waals surface area contributed by atoms with Gasteiger partial charge < -0.3 is 10.2 Å². The van der Waals surface area contributed by atoms with Gasteiger partial charge in [0.25, 0.3) is 0 Å². The van der Waals surface area contributed by atoms with Gasteiger partial charge in [-0.3, -0.25) is 0 Å². The Bertz CT molecular complexity index is 445. The zero-order chi connectivity index (χ0) is 12.3. The number of carbonyl (C=O) groups is 2. The standard InChI is InChI=1S/C12H10O4/c1-3-7-5-8(4-2)10(12(15)16)6-9(7)11(13)14/h3-6H,1-2H2,(H,13,14)(H,15,16). The third-order valence-corrected chi connectivity index (χ3v) is 2.12. The molecule has 2 N–H and O–H groups in total. The van der Waals surface area contributed by atoms with E-state index in [1.165, 1.54) is 18.2 Å². The fraction of sp³-hybridized carbons (Fsp3) is 0. The highest BCUT2D eigenvalue weighted by molar-refractivity contribution is 5.99. The molecular formula is C12H10O4. The molecule has 4 heteroatoms. The maximum absolute atomic E-state index is 10.9. The number of rotatable bonds is 4. The Morgan fingerprint density at radius 3 is 1.56 bits per heavy atom. The Morgan fingerprint density at radius 1 is 0.938 bits per heavy atom. The number of hydrogen-bond donors (Lipinski definition) is 2. The molecule has 0 fully saturated rings. The normalized spacial score (nSPS) is 9.50. The Balaban J connectivity index is 3.59. The van der Waals surface area contributed by atoms with Crippen LogP contribution < -0.4 is 0 Å². The fourth-order valence-corrected chi connectivity index (χ4v) is 1.34. The summed E-state index contributed by atoms with van der Waals surface area (Å²) in [7, 11) is 0. The quantitative estimate of drug-likeness (QED) is 0.813. The number of carboxylic acid groups (broad SMARTS) is 2. The molecule has 0 spiro atoms. The van der Waals surface area contributed by atoms with Gasteiger partial charge in [-0.25, -0.2) is 9.59 Å². The lowest BCUT2D eigenvalue weighted by Gasteiger charge is -2.06. The van der Waals surface area contributed by atoms with Crippen LogP contribution in [0.25, 0.3) is 12.2 Å². The summed E-state index contributed by atoms with van der Waals surface area (Å²) in [5, 5.41) is 17.8. The van der Waals surface area contributed by atoms with Crippen LogP contribution in [0, 0.1) is 0 Å². The lowest BCUT2D eigenvalue weighted by atomic mass is 9.98. The lowest BCUT2D eigenvalue weighted by molar-refractivity contribution is 0.0695. The Morgan fingerprint density at radius 2 is 1.31 bits per heavy atom. The molecule has 0 aliphatic carbocycles. The van der Waals surface area contributed by atoms with Crippen LogP contribution in [0.15, 0.2) is 25.3 Å². The van der Waals surface area contributed by atoms with Crippen LogP contribution in [-0.4, -0.2) is 22.2 Å². The minimum Gasteiger partial charge on any atom is -0.478 e. The molecule has 0 bridgehead atoms. The van der Waals surface area contributed by atoms with Gasteiger partial charge in [-0.1, -0.05) is 25.3 Å². The minimum atomic E-state index is -1.19. The van der Waals surface area contributed by atoms with Crippen LogP contribution in [0.5, 0.6) is 0 Å². The zero-order valence-electron chi connectivity index (χ0n) is 8.43. The van der Waals surface area contributed by atoms with Gasteiger partial charge in [0.15, 0.2) is 0 Å². The second kappa shape index (κ2) is 4.44. The maximum atomic E-state index is 10.9. The molecule has 0 aromatic heterocycles. The van der Waals surface area contributed by atoms with Crippen molar-refractivity contribution in [2.75, 3.05) is 0 Å². The van der Waals surface area contributed by atoms with Gasteiger partial charge in [-0.15, -0.1) is 0 Å². The third kappa shape index (κ3) is 2.00. The van der Waals surface area contributed by atoms with Crippen LogP contribution in [0.4, 0.5) is 0 Å². The number of carboxylic acids is 2. The van der Waals surface area contributed by atoms with Gasteiger partial charge >= 0.3 is 11.9 Å². The van der Waals surface area contributed by atoms with E-state index in [9.17, 15) is 9.59 Å². The van der Waals surface area contributed by atoms with Gasteiger partial charge in [0, 0.05) is 0 Å². The van der Waals surface area contributed by atoms with E-state index in [4.69, 9.17) is 10.2 Å². The van der Waals surface area contributed by atoms with E-state index in [0.29, 0.717) is 11.1 Å². The third-order valence-electron chi connectivity index (χ3n) is 2.12. The van der Waals surface area contributed by atoms with Crippen LogP contribution in [0.2, 0.25) is 0 Å². The fourth-order valence-electron chi connectivity index (χ4n) is 1.34. The van der Waals surface area contributed by atoms with E-state index in [0.717, 1.165) is 6.07 Å². The number of hydrogen-bond acceptors (Lipinski definition) is 2. The molecule has 0 saturated carbocycles. The van der Waals surface area contributed by atoms with Crippen LogP contribution in [-0.2, 0) is 0 Å². The highest BCUT2D eigenvalue weighted by Gasteiger charge is 2.15. The van der Waals surface area contributed by atoms with Crippen molar-refractivity contribution in [2.45, 2.75) is 0 Å². The molecule has 0 amide bonds. The molecule has 0 heterocycles. The summed E-state index contributed by atoms with van der Waals surface area (Å²) < 4.78 is 0. The van der Waals surface area contributed by atoms with Crippen molar-refractivity contribution >= 4 is 24.1 Å². The predicted molar refractivity (Wildman–Crippen MR) is 60.5 cm³/mol. The first kappa shape index (κ1) is 11.7. The van der Waals surface area contributed by atoms with Gasteiger partial charge in [0.1, 0.15) is 0 Å². The summed E-state index contributed by atoms with van der Waals surface area (Å²) in [6.07, 6.45) is 2.73. The zero-order valence-corrected chi connectivity index (χ0v) is 8.43. The minimum absolute atomic E-state index is 0.0852. The van der Waals surface area contributed by atoms with Gasteiger partial charge in [-0.2, -0.15) is 0 Å². The molecule has 1 aromatic carbocycles. The lowest BCUT2D eigenvalue weighted by Crippen LogP contribution is -2.06. The molecule has 0 saturated heterocycles. The van der Waals surface area contributed by atoms with Crippen LogP contribution >= 0.6 is 0 Å². The molecule has 0 aliphatic rings. The average Bonchev–Trinajstić information content (AvgIpc) is 2.26. The van der Waals surface area contributed by atoms with Crippen molar-refractivity contribution < 1.29 is 19.8 Å². The van der Waals surface area contributed by atoms with E-state index in [2.05, 4.69) is 13.2 Å². The average molecular weight is 218 g/mol. The van der Waals surface area contributed by atoms with Crippen molar-refractivity contribution in [1.29, 1.82) is 0 Å². The Kier molecular flexibility index (Phi) is 3.25. The summed E-state index contributed by atoms with van der Waals surface area (Å²) >= 11 is 0. The van der Waals surface area contributed by atoms with E-state index in [-0.39, 0.29) is 11.1 Å². The summed E-state index contributed by atoms with van der Waals surface area (Å²) in [5.74, 6) is -2.37. The molecular weight excluding hydrogens is 208 g/mol. The van der Waals surface area contributed by atoms with E-state index >= 15 is 0 Å². The summed E-state index contributed by atoms with van der Waals surface area (Å²) in [6.45, 7) is 6.96. The van der Waals surface area contributed by atoms with Gasteiger partial charge in [0.05, 0.1) is 11.1 Å². The molecule has 0 unspecified atom stereocenters. The van der Waals surface area contributed by atoms with E-state index in [1.54, 1.807) is 0 Å². The second-order valence-electron chi connectivity index (χ2n) is 3.05. The summed E-state index contributed by atoms with van der Waals surface area (Å²) in [5.41, 5.74) is 0.566. The van der Waals surface area contributed by atoms with Crippen molar-refractivity contribution in [3.05, 3.63) is 47.5 Å². The first-order chi connectivity index (χ1) is 7.51. The van der Waals surface area contributed by atoms with Gasteiger partial charge in [0.2, 0.25) is 0 Å². The van der Waals surface area contributed by atoms with Crippen molar-refractivity contribution in [3.63, 3.8) is 0 Å². The van der Waals surface area contributed by atoms with Crippen LogP contribution in [0.3, 0.4) is 0 Å². The molecule has 0 aliphatic heterocycles. The molecule has 16 heavy (non-hydrogen) atoms. The molecule has 4 nitrogen and oxygen atoms in total. The van der Waals surface area contributed by atoms with Crippen molar-refractivity contribution in [1.82, 2.24) is 0 Å². The van der Waals surface area contributed by atoms with E-state index in [1.807, 2.05) is 0 Å². The Labute approximate surface area is 92.2 Å². The molecule has 1 aromatic rings. The van der Waals surface area contributed by atoms with Crippen molar-refractivity contribution in [3.8, 4) is 0 Å².